The first kappa shape index (κ1) is 28.2. The minimum atomic E-state index is -5.16. The highest BCUT2D eigenvalue weighted by atomic mass is 19.4. The number of rotatable bonds is 4. The lowest BCUT2D eigenvalue weighted by Gasteiger charge is -2.14. The summed E-state index contributed by atoms with van der Waals surface area (Å²) in [6.07, 6.45) is -8.26. The molecule has 0 unspecified atom stereocenters. The van der Waals surface area contributed by atoms with Gasteiger partial charge in [0.05, 0.1) is 5.56 Å². The van der Waals surface area contributed by atoms with Gasteiger partial charge < -0.3 is 10.6 Å². The number of aliphatic imine (C=N–C) groups is 1. The van der Waals surface area contributed by atoms with Crippen molar-refractivity contribution in [2.24, 2.45) is 10.7 Å². The number of nitrogens with zero attached hydrogens (tertiary/aromatic N) is 4. The second-order valence-corrected chi connectivity index (χ2v) is 7.06. The Bertz CT molecular complexity index is 1130. The first-order valence-corrected chi connectivity index (χ1v) is 9.43. The molecule has 0 bridgehead atoms. The number of halogens is 6. The number of nitrogens with two attached hydrogens (primary N) is 1. The maximum Gasteiger partial charge on any atom is 0.433 e. The molecule has 34 heavy (non-hydrogen) atoms. The fraction of sp³-hybridized carbons (Fsp3) is 0.273. The number of carbonyl (C=O) groups excluding carboxylic acids is 1. The minimum Gasteiger partial charge on any atom is -0.402 e. The van der Waals surface area contributed by atoms with Crippen LogP contribution in [-0.2, 0) is 17.1 Å². The van der Waals surface area contributed by atoms with Crippen LogP contribution < -0.4 is 10.6 Å². The lowest BCUT2D eigenvalue weighted by Crippen LogP contribution is -2.15. The second kappa shape index (κ2) is 11.3. The number of hydrogen-bond donors (Lipinski definition) is 1. The van der Waals surface area contributed by atoms with Crippen LogP contribution in [0, 0.1) is 18.3 Å². The van der Waals surface area contributed by atoms with Crippen LogP contribution in [0.25, 0.3) is 0 Å². The molecule has 12 heteroatoms. The summed E-state index contributed by atoms with van der Waals surface area (Å²) in [6, 6.07) is 8.80. The van der Waals surface area contributed by atoms with E-state index in [1.165, 1.54) is 26.0 Å². The molecule has 0 radical (unpaired) electrons. The standard InChI is InChI=1S/C13H10F6N4.C9H11NO/c1-6(21)3-7(2)22-11-8(5-20)9(12(14,15)16)4-10(23-11)13(17,18)19;1-8-4-3-5-9(6-8)10(2)7-11/h3-4H,21H2,1-2H3;3-7H,1-2H3/b6-3-,22-7+;. The maximum atomic E-state index is 12.9. The van der Waals surface area contributed by atoms with Crippen molar-refractivity contribution in [2.45, 2.75) is 33.1 Å². The maximum absolute atomic E-state index is 12.9. The van der Waals surface area contributed by atoms with E-state index in [2.05, 4.69) is 9.98 Å². The molecule has 1 amide bonds. The molecular weight excluding hydrogens is 464 g/mol. The number of aromatic nitrogens is 1. The van der Waals surface area contributed by atoms with Gasteiger partial charge in [-0.15, -0.1) is 0 Å². The van der Waals surface area contributed by atoms with E-state index in [9.17, 15) is 31.1 Å². The average molecular weight is 485 g/mol. The molecule has 0 fully saturated rings. The lowest BCUT2D eigenvalue weighted by molar-refractivity contribution is -0.145. The number of anilines is 1. The Balaban J connectivity index is 0.000000437. The molecule has 0 aliphatic heterocycles. The molecule has 1 aromatic carbocycles. The van der Waals surface area contributed by atoms with Gasteiger partial charge >= 0.3 is 12.4 Å². The number of pyridine rings is 1. The molecule has 1 aromatic heterocycles. The topological polar surface area (TPSA) is 95.4 Å². The summed E-state index contributed by atoms with van der Waals surface area (Å²) in [5.74, 6) is -0.968. The van der Waals surface area contributed by atoms with Crippen molar-refractivity contribution < 1.29 is 31.1 Å². The van der Waals surface area contributed by atoms with Gasteiger partial charge in [-0.3, -0.25) is 4.79 Å². The van der Waals surface area contributed by atoms with Crippen LogP contribution >= 0.6 is 0 Å². The van der Waals surface area contributed by atoms with E-state index in [1.807, 2.05) is 31.2 Å². The van der Waals surface area contributed by atoms with Gasteiger partial charge in [-0.25, -0.2) is 9.98 Å². The van der Waals surface area contributed by atoms with Crippen molar-refractivity contribution >= 4 is 23.6 Å². The summed E-state index contributed by atoms with van der Waals surface area (Å²) in [4.78, 5) is 18.5. The number of carbonyl (C=O) groups is 1. The Hall–Kier alpha value is -3.88. The van der Waals surface area contributed by atoms with Gasteiger partial charge in [0, 0.05) is 24.1 Å². The number of aryl methyl sites for hydroxylation is 1. The monoisotopic (exact) mass is 485 g/mol. The number of allylic oxidation sites excluding steroid dienone is 2. The molecule has 0 aliphatic rings. The third-order valence-electron chi connectivity index (χ3n) is 3.99. The molecule has 2 N–H and O–H groups in total. The minimum absolute atomic E-state index is 0.00134. The normalized spacial score (nSPS) is 12.4. The molecule has 1 heterocycles. The predicted octanol–water partition coefficient (Wildman–Crippen LogP) is 5.53. The molecule has 6 nitrogen and oxygen atoms in total. The number of hydrogen-bond acceptors (Lipinski definition) is 5. The molecule has 2 aromatic rings. The second-order valence-electron chi connectivity index (χ2n) is 7.06. The van der Waals surface area contributed by atoms with Gasteiger partial charge in [0.25, 0.3) is 0 Å². The zero-order valence-electron chi connectivity index (χ0n) is 18.6. The third kappa shape index (κ3) is 8.23. The fourth-order valence-corrected chi connectivity index (χ4v) is 2.53. The van der Waals surface area contributed by atoms with E-state index >= 15 is 0 Å². The van der Waals surface area contributed by atoms with Crippen molar-refractivity contribution in [1.82, 2.24) is 4.98 Å². The highest BCUT2D eigenvalue weighted by Crippen LogP contribution is 2.39. The van der Waals surface area contributed by atoms with Crippen molar-refractivity contribution in [3.8, 4) is 6.07 Å². The van der Waals surface area contributed by atoms with Gasteiger partial charge in [0.1, 0.15) is 17.3 Å². The lowest BCUT2D eigenvalue weighted by atomic mass is 10.1. The van der Waals surface area contributed by atoms with Crippen molar-refractivity contribution in [1.29, 1.82) is 5.26 Å². The first-order chi connectivity index (χ1) is 15.6. The van der Waals surface area contributed by atoms with E-state index in [4.69, 9.17) is 11.0 Å². The summed E-state index contributed by atoms with van der Waals surface area (Å²) in [7, 11) is 1.74. The van der Waals surface area contributed by atoms with Gasteiger partial charge in [0.15, 0.2) is 5.82 Å². The number of benzene rings is 1. The third-order valence-corrected chi connectivity index (χ3v) is 3.99. The Morgan fingerprint density at radius 1 is 1.15 bits per heavy atom. The largest absolute Gasteiger partial charge is 0.433 e. The Labute approximate surface area is 192 Å². The van der Waals surface area contributed by atoms with Crippen LogP contribution in [0.3, 0.4) is 0 Å². The Morgan fingerprint density at radius 3 is 2.21 bits per heavy atom. The number of amides is 1. The molecule has 0 spiro atoms. The molecule has 182 valence electrons. The van der Waals surface area contributed by atoms with Crippen LogP contribution in [0.2, 0.25) is 0 Å². The summed E-state index contributed by atoms with van der Waals surface area (Å²) in [6.45, 7) is 4.75. The molecule has 0 saturated carbocycles. The van der Waals surface area contributed by atoms with Crippen molar-refractivity contribution in [3.05, 3.63) is 64.5 Å². The van der Waals surface area contributed by atoms with Crippen LogP contribution in [-0.4, -0.2) is 24.2 Å². The van der Waals surface area contributed by atoms with E-state index in [0.717, 1.165) is 17.7 Å². The smallest absolute Gasteiger partial charge is 0.402 e. The van der Waals surface area contributed by atoms with Crippen LogP contribution in [0.4, 0.5) is 37.8 Å². The number of nitriles is 1. The van der Waals surface area contributed by atoms with Gasteiger partial charge in [-0.05, 0) is 50.6 Å². The molecule has 2 rings (SSSR count). The summed E-state index contributed by atoms with van der Waals surface area (Å²) >= 11 is 0. The average Bonchev–Trinajstić information content (AvgIpc) is 2.71. The zero-order chi connectivity index (χ0) is 26.3. The SMILES string of the molecule is C/C(N)=C/C(C)=N/c1nc(C(F)(F)F)cc(C(F)(F)F)c1C#N.Cc1cccc(N(C)C=O)c1. The van der Waals surface area contributed by atoms with Crippen LogP contribution in [0.1, 0.15) is 36.2 Å². The summed E-state index contributed by atoms with van der Waals surface area (Å²) in [5.41, 5.74) is 3.05. The fourth-order valence-electron chi connectivity index (χ4n) is 2.53. The van der Waals surface area contributed by atoms with Gasteiger partial charge in [0.2, 0.25) is 6.41 Å². The van der Waals surface area contributed by atoms with Crippen molar-refractivity contribution in [2.75, 3.05) is 11.9 Å². The van der Waals surface area contributed by atoms with E-state index in [1.54, 1.807) is 11.9 Å². The predicted molar refractivity (Wildman–Crippen MR) is 115 cm³/mol. The first-order valence-electron chi connectivity index (χ1n) is 9.43. The molecule has 0 saturated heterocycles. The zero-order valence-corrected chi connectivity index (χ0v) is 18.6. The quantitative estimate of drug-likeness (QED) is 0.350. The Kier molecular flexibility index (Phi) is 9.37. The summed E-state index contributed by atoms with van der Waals surface area (Å²) < 4.78 is 76.9. The van der Waals surface area contributed by atoms with Crippen LogP contribution in [0.15, 0.2) is 47.1 Å². The van der Waals surface area contributed by atoms with Gasteiger partial charge in [-0.1, -0.05) is 12.1 Å². The van der Waals surface area contributed by atoms with Crippen LogP contribution in [0.5, 0.6) is 0 Å². The van der Waals surface area contributed by atoms with Gasteiger partial charge in [-0.2, -0.15) is 31.6 Å². The Morgan fingerprint density at radius 2 is 1.76 bits per heavy atom. The highest BCUT2D eigenvalue weighted by molar-refractivity contribution is 5.95. The van der Waals surface area contributed by atoms with E-state index in [0.29, 0.717) is 0 Å². The van der Waals surface area contributed by atoms with E-state index in [-0.39, 0.29) is 17.5 Å². The van der Waals surface area contributed by atoms with E-state index < -0.39 is 35.0 Å². The molecule has 0 atom stereocenters. The van der Waals surface area contributed by atoms with Crippen molar-refractivity contribution in [3.63, 3.8) is 0 Å². The molecule has 0 aliphatic carbocycles. The number of alkyl halides is 6. The summed E-state index contributed by atoms with van der Waals surface area (Å²) in [5, 5.41) is 8.87. The highest BCUT2D eigenvalue weighted by Gasteiger charge is 2.41. The molecular formula is C22H21F6N5O.